The Hall–Kier alpha value is -1.35. The minimum Gasteiger partial charge on any atom is -0.478 e. The van der Waals surface area contributed by atoms with Gasteiger partial charge in [-0.1, -0.05) is 0 Å². The lowest BCUT2D eigenvalue weighted by atomic mass is 10.2. The van der Waals surface area contributed by atoms with E-state index in [0.29, 0.717) is 6.54 Å². The van der Waals surface area contributed by atoms with Gasteiger partial charge in [-0.25, -0.2) is 9.59 Å². The van der Waals surface area contributed by atoms with Crippen LogP contribution < -0.4 is 10.6 Å². The summed E-state index contributed by atoms with van der Waals surface area (Å²) in [6.45, 7) is 2.16. The van der Waals surface area contributed by atoms with E-state index in [1.807, 2.05) is 29.5 Å². The second kappa shape index (κ2) is 7.29. The van der Waals surface area contributed by atoms with Crippen molar-refractivity contribution in [1.29, 1.82) is 0 Å². The first-order valence-corrected chi connectivity index (χ1v) is 6.62. The Bertz CT molecular complexity index is 479. The number of rotatable bonds is 5. The van der Waals surface area contributed by atoms with Crippen molar-refractivity contribution in [3.8, 4) is 0 Å². The van der Waals surface area contributed by atoms with E-state index in [9.17, 15) is 9.59 Å². The highest BCUT2D eigenvalue weighted by Crippen LogP contribution is 2.18. The van der Waals surface area contributed by atoms with Crippen LogP contribution in [0.15, 0.2) is 18.2 Å². The van der Waals surface area contributed by atoms with Crippen LogP contribution >= 0.6 is 22.6 Å². The van der Waals surface area contributed by atoms with Gasteiger partial charge in [0.2, 0.25) is 0 Å². The van der Waals surface area contributed by atoms with Gasteiger partial charge < -0.3 is 20.5 Å². The number of benzene rings is 1. The molecule has 1 atom stereocenters. The highest BCUT2D eigenvalue weighted by molar-refractivity contribution is 14.1. The molecule has 0 spiro atoms. The number of hydrogen-bond donors (Lipinski definition) is 3. The molecule has 0 aliphatic rings. The van der Waals surface area contributed by atoms with Gasteiger partial charge in [0.25, 0.3) is 0 Å². The number of carboxylic acid groups (broad SMARTS) is 1. The smallest absolute Gasteiger partial charge is 0.337 e. The number of methoxy groups -OCH3 is 1. The maximum Gasteiger partial charge on any atom is 0.337 e. The lowest BCUT2D eigenvalue weighted by Crippen LogP contribution is -2.35. The minimum atomic E-state index is -1.08. The third-order valence-electron chi connectivity index (χ3n) is 2.41. The van der Waals surface area contributed by atoms with Gasteiger partial charge in [-0.15, -0.1) is 0 Å². The van der Waals surface area contributed by atoms with Crippen LogP contribution in [0.1, 0.15) is 17.3 Å². The first kappa shape index (κ1) is 15.7. The van der Waals surface area contributed by atoms with Crippen LogP contribution in [0.4, 0.5) is 10.5 Å². The molecule has 1 aromatic rings. The number of nitrogens with one attached hydrogen (secondary N) is 2. The number of aromatic carboxylic acids is 1. The molecule has 0 fully saturated rings. The molecule has 7 heteroatoms. The Morgan fingerprint density at radius 3 is 2.74 bits per heavy atom. The molecule has 1 aromatic carbocycles. The molecule has 1 unspecified atom stereocenters. The minimum absolute atomic E-state index is 0.0573. The van der Waals surface area contributed by atoms with E-state index in [-0.39, 0.29) is 17.4 Å². The predicted molar refractivity (Wildman–Crippen MR) is 79.6 cm³/mol. The van der Waals surface area contributed by atoms with E-state index in [0.717, 1.165) is 3.57 Å². The zero-order valence-electron chi connectivity index (χ0n) is 10.6. The average Bonchev–Trinajstić information content (AvgIpc) is 2.37. The fourth-order valence-corrected chi connectivity index (χ4v) is 1.78. The molecule has 1 rings (SSSR count). The van der Waals surface area contributed by atoms with Crippen molar-refractivity contribution in [2.75, 3.05) is 19.0 Å². The van der Waals surface area contributed by atoms with Crippen LogP contribution in [-0.2, 0) is 4.74 Å². The van der Waals surface area contributed by atoms with Gasteiger partial charge in [0.1, 0.15) is 0 Å². The largest absolute Gasteiger partial charge is 0.478 e. The van der Waals surface area contributed by atoms with Crippen molar-refractivity contribution in [1.82, 2.24) is 5.32 Å². The summed E-state index contributed by atoms with van der Waals surface area (Å²) in [5.74, 6) is -1.08. The van der Waals surface area contributed by atoms with Crippen LogP contribution in [0.25, 0.3) is 0 Å². The number of urea groups is 1. The van der Waals surface area contributed by atoms with Crippen LogP contribution in [0.2, 0.25) is 0 Å². The Balaban J connectivity index is 2.71. The topological polar surface area (TPSA) is 87.7 Å². The van der Waals surface area contributed by atoms with E-state index < -0.39 is 12.0 Å². The number of carboxylic acids is 1. The van der Waals surface area contributed by atoms with Crippen molar-refractivity contribution < 1.29 is 19.4 Å². The third-order valence-corrected chi connectivity index (χ3v) is 3.08. The second-order valence-corrected chi connectivity index (χ2v) is 5.12. The van der Waals surface area contributed by atoms with E-state index in [2.05, 4.69) is 10.6 Å². The molecule has 0 aromatic heterocycles. The van der Waals surface area contributed by atoms with Crippen LogP contribution in [0.3, 0.4) is 0 Å². The fraction of sp³-hybridized carbons (Fsp3) is 0.333. The monoisotopic (exact) mass is 378 g/mol. The van der Waals surface area contributed by atoms with Gasteiger partial charge in [-0.2, -0.15) is 0 Å². The number of carbonyl (C=O) groups is 2. The van der Waals surface area contributed by atoms with Gasteiger partial charge in [-0.05, 0) is 47.7 Å². The summed E-state index contributed by atoms with van der Waals surface area (Å²) in [6.07, 6.45) is -0.110. The van der Waals surface area contributed by atoms with Gasteiger partial charge in [-0.3, -0.25) is 0 Å². The summed E-state index contributed by atoms with van der Waals surface area (Å²) >= 11 is 2.01. The lowest BCUT2D eigenvalue weighted by molar-refractivity contribution is 0.0698. The van der Waals surface area contributed by atoms with E-state index in [1.54, 1.807) is 19.2 Å². The van der Waals surface area contributed by atoms with E-state index in [1.165, 1.54) is 6.07 Å². The van der Waals surface area contributed by atoms with Crippen molar-refractivity contribution in [3.05, 3.63) is 27.3 Å². The summed E-state index contributed by atoms with van der Waals surface area (Å²) in [7, 11) is 1.55. The summed E-state index contributed by atoms with van der Waals surface area (Å²) in [4.78, 5) is 22.7. The first-order chi connectivity index (χ1) is 8.93. The highest BCUT2D eigenvalue weighted by Gasteiger charge is 2.13. The molecule has 2 amide bonds. The van der Waals surface area contributed by atoms with Crippen molar-refractivity contribution >= 4 is 40.3 Å². The quantitative estimate of drug-likeness (QED) is 0.686. The summed E-state index contributed by atoms with van der Waals surface area (Å²) in [6, 6.07) is 4.31. The molecule has 104 valence electrons. The van der Waals surface area contributed by atoms with Gasteiger partial charge in [0.15, 0.2) is 0 Å². The second-order valence-electron chi connectivity index (χ2n) is 3.88. The molecule has 0 bridgehead atoms. The third kappa shape index (κ3) is 5.03. The summed E-state index contributed by atoms with van der Waals surface area (Å²) in [5, 5.41) is 14.2. The van der Waals surface area contributed by atoms with E-state index in [4.69, 9.17) is 9.84 Å². The Labute approximate surface area is 124 Å². The molecule has 0 saturated heterocycles. The molecule has 19 heavy (non-hydrogen) atoms. The van der Waals surface area contributed by atoms with Crippen molar-refractivity contribution in [2.45, 2.75) is 13.0 Å². The van der Waals surface area contributed by atoms with Gasteiger partial charge in [0, 0.05) is 17.2 Å². The van der Waals surface area contributed by atoms with Crippen LogP contribution in [0, 0.1) is 3.57 Å². The molecule has 6 nitrogen and oxygen atoms in total. The summed E-state index contributed by atoms with van der Waals surface area (Å²) in [5.41, 5.74) is 0.317. The number of ether oxygens (including phenoxy) is 1. The number of carbonyl (C=O) groups excluding carboxylic acids is 1. The number of halogens is 1. The predicted octanol–water partition coefficient (Wildman–Crippen LogP) is 2.15. The number of hydrogen-bond acceptors (Lipinski definition) is 3. The summed E-state index contributed by atoms with van der Waals surface area (Å²) < 4.78 is 5.78. The molecule has 0 radical (unpaired) electrons. The lowest BCUT2D eigenvalue weighted by Gasteiger charge is -2.13. The zero-order chi connectivity index (χ0) is 14.4. The molecule has 3 N–H and O–H groups in total. The Kier molecular flexibility index (Phi) is 6.03. The zero-order valence-corrected chi connectivity index (χ0v) is 12.7. The van der Waals surface area contributed by atoms with Crippen LogP contribution in [-0.4, -0.2) is 36.9 Å². The van der Waals surface area contributed by atoms with Crippen molar-refractivity contribution in [3.63, 3.8) is 0 Å². The average molecular weight is 378 g/mol. The maximum absolute atomic E-state index is 11.6. The number of anilines is 1. The normalized spacial score (nSPS) is 11.7. The molecular weight excluding hydrogens is 363 g/mol. The first-order valence-electron chi connectivity index (χ1n) is 5.54. The maximum atomic E-state index is 11.6. The van der Waals surface area contributed by atoms with Crippen molar-refractivity contribution in [2.24, 2.45) is 0 Å². The van der Waals surface area contributed by atoms with E-state index >= 15 is 0 Å². The van der Waals surface area contributed by atoms with Gasteiger partial charge in [0.05, 0.1) is 17.4 Å². The molecule has 0 aliphatic heterocycles. The SMILES string of the molecule is COC(C)CNC(=O)Nc1ccc(I)cc1C(=O)O. The highest BCUT2D eigenvalue weighted by atomic mass is 127. The Morgan fingerprint density at radius 1 is 1.47 bits per heavy atom. The number of amides is 2. The standard InChI is InChI=1S/C12H15IN2O4/c1-7(19-2)6-14-12(18)15-10-4-3-8(13)5-9(10)11(16)17/h3-5,7H,6H2,1-2H3,(H,16,17)(H2,14,15,18). The molecule has 0 aliphatic carbocycles. The van der Waals surface area contributed by atoms with Crippen LogP contribution in [0.5, 0.6) is 0 Å². The molecule has 0 saturated carbocycles. The molecular formula is C12H15IN2O4. The Morgan fingerprint density at radius 2 is 2.16 bits per heavy atom. The fourth-order valence-electron chi connectivity index (χ4n) is 1.29. The molecule has 0 heterocycles. The van der Waals surface area contributed by atoms with Gasteiger partial charge >= 0.3 is 12.0 Å².